The molecule has 2 saturated heterocycles. The second-order valence-electron chi connectivity index (χ2n) is 6.14. The minimum atomic E-state index is -0.156. The Labute approximate surface area is 122 Å². The van der Waals surface area contributed by atoms with Gasteiger partial charge in [-0.2, -0.15) is 0 Å². The van der Waals surface area contributed by atoms with Gasteiger partial charge in [-0.05, 0) is 32.2 Å². The molecule has 3 N–H and O–H groups in total. The molecule has 7 nitrogen and oxygen atoms in total. The lowest BCUT2D eigenvalue weighted by Crippen LogP contribution is -2.58. The van der Waals surface area contributed by atoms with Crippen molar-refractivity contribution in [2.75, 3.05) is 24.5 Å². The van der Waals surface area contributed by atoms with Crippen molar-refractivity contribution in [1.82, 2.24) is 25.3 Å². The summed E-state index contributed by atoms with van der Waals surface area (Å²) in [5.41, 5.74) is 1.73. The zero-order valence-electron chi connectivity index (χ0n) is 11.9. The quantitative estimate of drug-likeness (QED) is 0.705. The highest BCUT2D eigenvalue weighted by atomic mass is 16.3. The number of aromatic amines is 1. The fourth-order valence-corrected chi connectivity index (χ4v) is 3.65. The molecule has 1 unspecified atom stereocenters. The van der Waals surface area contributed by atoms with Crippen LogP contribution in [-0.2, 0) is 0 Å². The molecule has 2 aromatic rings. The van der Waals surface area contributed by atoms with Crippen molar-refractivity contribution in [2.45, 2.75) is 37.3 Å². The third-order valence-electron chi connectivity index (χ3n) is 4.83. The molecule has 2 aromatic heterocycles. The topological polar surface area (TPSA) is 90.0 Å². The maximum atomic E-state index is 9.94. The molecular weight excluding hydrogens is 268 g/mol. The summed E-state index contributed by atoms with van der Waals surface area (Å²) < 4.78 is 0. The van der Waals surface area contributed by atoms with E-state index in [4.69, 9.17) is 0 Å². The monoisotopic (exact) mass is 288 g/mol. The molecule has 2 aliphatic rings. The summed E-state index contributed by atoms with van der Waals surface area (Å²) >= 11 is 0. The Morgan fingerprint density at radius 2 is 2.10 bits per heavy atom. The van der Waals surface area contributed by atoms with Crippen LogP contribution >= 0.6 is 0 Å². The molecule has 2 aliphatic heterocycles. The lowest BCUT2D eigenvalue weighted by Gasteiger charge is -2.46. The second kappa shape index (κ2) is 4.92. The Hall–Kier alpha value is -1.73. The normalized spacial score (nSPS) is 25.6. The number of aliphatic hydroxyl groups excluding tert-OH is 1. The van der Waals surface area contributed by atoms with E-state index in [1.165, 1.54) is 0 Å². The molecule has 0 saturated carbocycles. The number of H-pyrrole nitrogens is 1. The number of rotatable bonds is 1. The van der Waals surface area contributed by atoms with Crippen LogP contribution in [0.15, 0.2) is 12.7 Å². The standard InChI is InChI=1S/C14H20N6O/c21-10-1-4-19-14(7-10)2-5-20(6-3-14)13-11-12(16-8-15-11)17-9-18-13/h8-10,19,21H,1-7H2,(H,15,16,17,18). The minimum absolute atomic E-state index is 0.105. The van der Waals surface area contributed by atoms with E-state index < -0.39 is 0 Å². The van der Waals surface area contributed by atoms with Crippen LogP contribution in [0.4, 0.5) is 5.82 Å². The van der Waals surface area contributed by atoms with Gasteiger partial charge >= 0.3 is 0 Å². The van der Waals surface area contributed by atoms with Gasteiger partial charge in [0.25, 0.3) is 0 Å². The zero-order valence-corrected chi connectivity index (χ0v) is 11.9. The molecule has 0 bridgehead atoms. The van der Waals surface area contributed by atoms with E-state index in [0.717, 1.165) is 56.7 Å². The molecular formula is C14H20N6O. The van der Waals surface area contributed by atoms with Gasteiger partial charge in [-0.25, -0.2) is 15.0 Å². The van der Waals surface area contributed by atoms with Gasteiger partial charge in [0, 0.05) is 18.6 Å². The van der Waals surface area contributed by atoms with Crippen LogP contribution < -0.4 is 10.2 Å². The predicted octanol–water partition coefficient (Wildman–Crippen LogP) is 0.436. The molecule has 4 rings (SSSR count). The number of nitrogens with one attached hydrogen (secondary N) is 2. The van der Waals surface area contributed by atoms with Crippen molar-refractivity contribution in [1.29, 1.82) is 0 Å². The Balaban J connectivity index is 1.54. The Morgan fingerprint density at radius 1 is 1.24 bits per heavy atom. The molecule has 0 aromatic carbocycles. The fraction of sp³-hybridized carbons (Fsp3) is 0.643. The summed E-state index contributed by atoms with van der Waals surface area (Å²) in [6, 6.07) is 0. The number of aromatic nitrogens is 4. The molecule has 21 heavy (non-hydrogen) atoms. The van der Waals surface area contributed by atoms with Crippen molar-refractivity contribution in [3.05, 3.63) is 12.7 Å². The third kappa shape index (κ3) is 2.26. The van der Waals surface area contributed by atoms with Gasteiger partial charge in [0.1, 0.15) is 11.8 Å². The Kier molecular flexibility index (Phi) is 3.04. The van der Waals surface area contributed by atoms with Crippen molar-refractivity contribution >= 4 is 17.0 Å². The molecule has 0 amide bonds. The van der Waals surface area contributed by atoms with Crippen LogP contribution in [-0.4, -0.2) is 56.3 Å². The maximum absolute atomic E-state index is 9.94. The van der Waals surface area contributed by atoms with E-state index in [0.29, 0.717) is 5.65 Å². The first-order valence-electron chi connectivity index (χ1n) is 7.58. The number of hydrogen-bond donors (Lipinski definition) is 3. The van der Waals surface area contributed by atoms with Gasteiger partial charge in [0.05, 0.1) is 12.4 Å². The molecule has 2 fully saturated rings. The van der Waals surface area contributed by atoms with Crippen molar-refractivity contribution in [3.8, 4) is 0 Å². The van der Waals surface area contributed by atoms with Crippen LogP contribution in [0.25, 0.3) is 11.2 Å². The summed E-state index contributed by atoms with van der Waals surface area (Å²) in [5, 5.41) is 13.6. The van der Waals surface area contributed by atoms with Crippen LogP contribution in [0.1, 0.15) is 25.7 Å². The van der Waals surface area contributed by atoms with Crippen molar-refractivity contribution < 1.29 is 5.11 Å². The summed E-state index contributed by atoms with van der Waals surface area (Å²) in [5.74, 6) is 0.934. The fourth-order valence-electron chi connectivity index (χ4n) is 3.65. The molecule has 7 heteroatoms. The number of anilines is 1. The molecule has 4 heterocycles. The average Bonchev–Trinajstić information content (AvgIpc) is 2.96. The first-order chi connectivity index (χ1) is 10.3. The highest BCUT2D eigenvalue weighted by Crippen LogP contribution is 2.33. The summed E-state index contributed by atoms with van der Waals surface area (Å²) in [4.78, 5) is 18.2. The molecule has 1 atom stereocenters. The minimum Gasteiger partial charge on any atom is -0.393 e. The number of nitrogens with zero attached hydrogens (tertiary/aromatic N) is 4. The number of fused-ring (bicyclic) bond motifs is 1. The van der Waals surface area contributed by atoms with E-state index in [1.54, 1.807) is 12.7 Å². The lowest BCUT2D eigenvalue weighted by molar-refractivity contribution is 0.0650. The lowest BCUT2D eigenvalue weighted by atomic mass is 9.79. The average molecular weight is 288 g/mol. The Bertz CT molecular complexity index is 633. The summed E-state index contributed by atoms with van der Waals surface area (Å²) in [6.07, 6.45) is 6.87. The molecule has 1 spiro atoms. The van der Waals surface area contributed by atoms with Crippen LogP contribution in [0.2, 0.25) is 0 Å². The van der Waals surface area contributed by atoms with Gasteiger partial charge in [-0.3, -0.25) is 0 Å². The third-order valence-corrected chi connectivity index (χ3v) is 4.83. The number of imidazole rings is 1. The molecule has 0 radical (unpaired) electrons. The zero-order chi connectivity index (χ0) is 14.3. The van der Waals surface area contributed by atoms with E-state index in [1.807, 2.05) is 0 Å². The first-order valence-corrected chi connectivity index (χ1v) is 7.58. The van der Waals surface area contributed by atoms with Gasteiger partial charge in [0.15, 0.2) is 11.5 Å². The largest absolute Gasteiger partial charge is 0.393 e. The smallest absolute Gasteiger partial charge is 0.182 e. The van der Waals surface area contributed by atoms with Crippen molar-refractivity contribution in [2.24, 2.45) is 0 Å². The first kappa shape index (κ1) is 13.0. The van der Waals surface area contributed by atoms with E-state index in [2.05, 4.69) is 30.2 Å². The van der Waals surface area contributed by atoms with Crippen LogP contribution in [0, 0.1) is 0 Å². The highest BCUT2D eigenvalue weighted by Gasteiger charge is 2.38. The van der Waals surface area contributed by atoms with E-state index >= 15 is 0 Å². The predicted molar refractivity (Wildman–Crippen MR) is 79.1 cm³/mol. The maximum Gasteiger partial charge on any atom is 0.182 e. The van der Waals surface area contributed by atoms with Crippen LogP contribution in [0.5, 0.6) is 0 Å². The van der Waals surface area contributed by atoms with Gasteiger partial charge in [0.2, 0.25) is 0 Å². The van der Waals surface area contributed by atoms with E-state index in [9.17, 15) is 5.11 Å². The number of piperidine rings is 2. The van der Waals surface area contributed by atoms with Gasteiger partial charge in [-0.15, -0.1) is 0 Å². The number of aliphatic hydroxyl groups is 1. The summed E-state index contributed by atoms with van der Waals surface area (Å²) in [7, 11) is 0. The molecule has 112 valence electrons. The van der Waals surface area contributed by atoms with Crippen molar-refractivity contribution in [3.63, 3.8) is 0 Å². The Morgan fingerprint density at radius 3 is 2.90 bits per heavy atom. The SMILES string of the molecule is OC1CCNC2(CCN(c3ncnc4nc[nH]c34)CC2)C1. The number of hydrogen-bond acceptors (Lipinski definition) is 6. The van der Waals surface area contributed by atoms with Gasteiger partial charge < -0.3 is 20.3 Å². The summed E-state index contributed by atoms with van der Waals surface area (Å²) in [6.45, 7) is 2.79. The van der Waals surface area contributed by atoms with E-state index in [-0.39, 0.29) is 11.6 Å². The van der Waals surface area contributed by atoms with Gasteiger partial charge in [-0.1, -0.05) is 0 Å². The molecule has 0 aliphatic carbocycles. The van der Waals surface area contributed by atoms with Crippen LogP contribution in [0.3, 0.4) is 0 Å². The highest BCUT2D eigenvalue weighted by molar-refractivity contribution is 5.82. The second-order valence-corrected chi connectivity index (χ2v) is 6.14.